The molecule has 3 heterocycles. The Kier molecular flexibility index (Phi) is 6.30. The third-order valence-electron chi connectivity index (χ3n) is 4.34. The number of thiophene rings is 1. The minimum atomic E-state index is -3.57. The van der Waals surface area contributed by atoms with Gasteiger partial charge in [0.15, 0.2) is 4.34 Å². The highest BCUT2D eigenvalue weighted by Crippen LogP contribution is 2.30. The van der Waals surface area contributed by atoms with Gasteiger partial charge >= 0.3 is 0 Å². The van der Waals surface area contributed by atoms with E-state index in [0.717, 1.165) is 22.9 Å². The molecule has 11 heteroatoms. The molecule has 2 aromatic heterocycles. The van der Waals surface area contributed by atoms with Gasteiger partial charge in [-0.15, -0.1) is 21.5 Å². The maximum absolute atomic E-state index is 12.7. The van der Waals surface area contributed by atoms with Gasteiger partial charge in [-0.2, -0.15) is 4.31 Å². The lowest BCUT2D eigenvalue weighted by molar-refractivity contribution is 0.102. The molecule has 0 atom stereocenters. The largest absolute Gasteiger partial charge is 0.296 e. The molecule has 1 amide bonds. The van der Waals surface area contributed by atoms with E-state index in [9.17, 15) is 13.2 Å². The molecule has 0 unspecified atom stereocenters. The van der Waals surface area contributed by atoms with Crippen LogP contribution in [0.3, 0.4) is 0 Å². The Morgan fingerprint density at radius 1 is 1.17 bits per heavy atom. The summed E-state index contributed by atoms with van der Waals surface area (Å²) >= 11 is 4.54. The minimum absolute atomic E-state index is 0.136. The molecule has 0 bridgehead atoms. The molecule has 7 nitrogen and oxygen atoms in total. The first-order chi connectivity index (χ1) is 14.0. The van der Waals surface area contributed by atoms with Crippen LogP contribution in [0.25, 0.3) is 0 Å². The number of aromatic nitrogens is 2. The predicted molar refractivity (Wildman–Crippen MR) is 116 cm³/mol. The first-order valence-corrected chi connectivity index (χ1v) is 13.0. The van der Waals surface area contributed by atoms with Crippen LogP contribution >= 0.6 is 34.4 Å². The van der Waals surface area contributed by atoms with Crippen molar-refractivity contribution < 1.29 is 13.2 Å². The van der Waals surface area contributed by atoms with Crippen LogP contribution in [0, 0.1) is 0 Å². The molecule has 4 rings (SSSR count). The lowest BCUT2D eigenvalue weighted by Gasteiger charge is -2.15. The fraction of sp³-hybridized carbons (Fsp3) is 0.278. The van der Waals surface area contributed by atoms with Crippen LogP contribution in [-0.4, -0.2) is 41.9 Å². The van der Waals surface area contributed by atoms with Crippen LogP contribution in [0.2, 0.25) is 0 Å². The summed E-state index contributed by atoms with van der Waals surface area (Å²) in [6.45, 7) is 1.05. The van der Waals surface area contributed by atoms with Crippen molar-refractivity contribution in [2.45, 2.75) is 27.8 Å². The van der Waals surface area contributed by atoms with Gasteiger partial charge in [-0.25, -0.2) is 8.42 Å². The molecule has 1 aliphatic heterocycles. The Bertz CT molecular complexity index is 1090. The van der Waals surface area contributed by atoms with Gasteiger partial charge in [0.05, 0.1) is 4.90 Å². The van der Waals surface area contributed by atoms with Gasteiger partial charge in [0.1, 0.15) is 0 Å². The van der Waals surface area contributed by atoms with Crippen molar-refractivity contribution in [2.75, 3.05) is 18.4 Å². The van der Waals surface area contributed by atoms with E-state index in [1.807, 2.05) is 11.4 Å². The van der Waals surface area contributed by atoms with Crippen LogP contribution in [0.1, 0.15) is 28.1 Å². The summed E-state index contributed by atoms with van der Waals surface area (Å²) in [5.41, 5.74) is 0.272. The van der Waals surface area contributed by atoms with Crippen LogP contribution in [0.15, 0.2) is 51.0 Å². The molecule has 0 radical (unpaired) electrons. The van der Waals surface area contributed by atoms with Crippen LogP contribution < -0.4 is 5.32 Å². The van der Waals surface area contributed by atoms with Crippen LogP contribution in [0.5, 0.6) is 0 Å². The lowest BCUT2D eigenvalue weighted by atomic mass is 10.2. The molecular weight excluding hydrogens is 448 g/mol. The number of benzene rings is 1. The number of hydrogen-bond acceptors (Lipinski definition) is 8. The SMILES string of the molecule is O=C(Nc1nnc(SCc2cccs2)s1)c1cccc(S(=O)(=O)N2CCCC2)c1. The molecule has 152 valence electrons. The number of hydrogen-bond donors (Lipinski definition) is 1. The first-order valence-electron chi connectivity index (χ1n) is 8.92. The monoisotopic (exact) mass is 466 g/mol. The van der Waals surface area contributed by atoms with Gasteiger partial charge in [0, 0.05) is 29.3 Å². The Labute approximate surface area is 181 Å². The molecule has 0 saturated carbocycles. The summed E-state index contributed by atoms with van der Waals surface area (Å²) in [7, 11) is -3.57. The second-order valence-electron chi connectivity index (χ2n) is 6.33. The Morgan fingerprint density at radius 3 is 2.76 bits per heavy atom. The van der Waals surface area contributed by atoms with E-state index >= 15 is 0 Å². The van der Waals surface area contributed by atoms with E-state index in [1.54, 1.807) is 35.2 Å². The number of carbonyl (C=O) groups is 1. The fourth-order valence-corrected chi connectivity index (χ4v) is 6.97. The molecule has 1 aromatic carbocycles. The van der Waals surface area contributed by atoms with E-state index in [0.29, 0.717) is 18.2 Å². The first kappa shape index (κ1) is 20.5. The van der Waals surface area contributed by atoms with Gasteiger partial charge in [-0.1, -0.05) is 35.2 Å². The molecule has 1 N–H and O–H groups in total. The number of nitrogens with zero attached hydrogens (tertiary/aromatic N) is 3. The van der Waals surface area contributed by atoms with Gasteiger partial charge in [0.25, 0.3) is 5.91 Å². The number of nitrogens with one attached hydrogen (secondary N) is 1. The Hall–Kier alpha value is -1.79. The van der Waals surface area contributed by atoms with E-state index in [2.05, 4.69) is 21.6 Å². The third kappa shape index (κ3) is 4.86. The van der Waals surface area contributed by atoms with E-state index in [4.69, 9.17) is 0 Å². The summed E-state index contributed by atoms with van der Waals surface area (Å²) < 4.78 is 27.7. The number of sulfonamides is 1. The maximum atomic E-state index is 12.7. The normalized spacial score (nSPS) is 14.9. The molecular formula is C18H18N4O3S4. The fourth-order valence-electron chi connectivity index (χ4n) is 2.89. The summed E-state index contributed by atoms with van der Waals surface area (Å²) in [5, 5.41) is 13.2. The number of carbonyl (C=O) groups excluding carboxylic acids is 1. The number of thioether (sulfide) groups is 1. The lowest BCUT2D eigenvalue weighted by Crippen LogP contribution is -2.28. The van der Waals surface area contributed by atoms with Crippen molar-refractivity contribution in [1.82, 2.24) is 14.5 Å². The topological polar surface area (TPSA) is 92.3 Å². The molecule has 1 aliphatic rings. The molecule has 1 fully saturated rings. The predicted octanol–water partition coefficient (Wildman–Crippen LogP) is 3.93. The van der Waals surface area contributed by atoms with E-state index in [-0.39, 0.29) is 10.5 Å². The quantitative estimate of drug-likeness (QED) is 0.419. The van der Waals surface area contributed by atoms with Gasteiger partial charge < -0.3 is 0 Å². The van der Waals surface area contributed by atoms with E-state index in [1.165, 1.54) is 32.7 Å². The van der Waals surface area contributed by atoms with Gasteiger partial charge in [-0.3, -0.25) is 10.1 Å². The zero-order valence-corrected chi connectivity index (χ0v) is 18.5. The summed E-state index contributed by atoms with van der Waals surface area (Å²) in [6.07, 6.45) is 1.73. The second-order valence-corrected chi connectivity index (χ2v) is 11.5. The van der Waals surface area contributed by atoms with Crippen LogP contribution in [0.4, 0.5) is 5.13 Å². The van der Waals surface area contributed by atoms with Crippen molar-refractivity contribution >= 4 is 55.5 Å². The smallest absolute Gasteiger partial charge is 0.257 e. The maximum Gasteiger partial charge on any atom is 0.257 e. The summed E-state index contributed by atoms with van der Waals surface area (Å²) in [6, 6.07) is 10.2. The number of amides is 1. The average Bonchev–Trinajstić information content (AvgIpc) is 3.49. The molecule has 1 saturated heterocycles. The minimum Gasteiger partial charge on any atom is -0.296 e. The standard InChI is InChI=1S/C18H18N4O3S4/c23-16(19-17-20-21-18(28-17)27-12-14-6-4-10-26-14)13-5-3-7-15(11-13)29(24,25)22-8-1-2-9-22/h3-7,10-11H,1-2,8-9,12H2,(H,19,20,23). The zero-order valence-electron chi connectivity index (χ0n) is 15.3. The molecule has 3 aromatic rings. The van der Waals surface area contributed by atoms with Crippen molar-refractivity contribution in [1.29, 1.82) is 0 Å². The van der Waals surface area contributed by atoms with Crippen molar-refractivity contribution in [3.05, 3.63) is 52.2 Å². The Balaban J connectivity index is 1.42. The number of rotatable bonds is 7. The van der Waals surface area contributed by atoms with Gasteiger partial charge in [-0.05, 0) is 42.5 Å². The zero-order chi connectivity index (χ0) is 20.3. The highest BCUT2D eigenvalue weighted by molar-refractivity contribution is 8.00. The average molecular weight is 467 g/mol. The third-order valence-corrected chi connectivity index (χ3v) is 9.32. The molecule has 29 heavy (non-hydrogen) atoms. The highest BCUT2D eigenvalue weighted by atomic mass is 32.2. The van der Waals surface area contributed by atoms with Crippen molar-refractivity contribution in [3.8, 4) is 0 Å². The Morgan fingerprint density at radius 2 is 2.00 bits per heavy atom. The van der Waals surface area contributed by atoms with Crippen LogP contribution in [-0.2, 0) is 15.8 Å². The molecule has 0 spiro atoms. The van der Waals surface area contributed by atoms with Crippen molar-refractivity contribution in [2.24, 2.45) is 0 Å². The highest BCUT2D eigenvalue weighted by Gasteiger charge is 2.27. The molecule has 0 aliphatic carbocycles. The van der Waals surface area contributed by atoms with Crippen molar-refractivity contribution in [3.63, 3.8) is 0 Å². The summed E-state index contributed by atoms with van der Waals surface area (Å²) in [4.78, 5) is 14.0. The second kappa shape index (κ2) is 8.92. The number of anilines is 1. The summed E-state index contributed by atoms with van der Waals surface area (Å²) in [5.74, 6) is 0.394. The van der Waals surface area contributed by atoms with E-state index < -0.39 is 15.9 Å². The van der Waals surface area contributed by atoms with Gasteiger partial charge in [0.2, 0.25) is 15.2 Å².